The molecule has 1 rings (SSSR count). The molecule has 0 heterocycles. The third-order valence-corrected chi connectivity index (χ3v) is 1.84. The zero-order valence-electron chi connectivity index (χ0n) is 6.18. The summed E-state index contributed by atoms with van der Waals surface area (Å²) >= 11 is 5.43. The maximum Gasteiger partial charge on any atom is 0.153 e. The summed E-state index contributed by atoms with van der Waals surface area (Å²) in [5, 5.41) is 0. The minimum atomic E-state index is -0.625. The van der Waals surface area contributed by atoms with Crippen LogP contribution in [0, 0.1) is 5.82 Å². The van der Waals surface area contributed by atoms with E-state index in [1.807, 2.05) is 0 Å². The van der Waals surface area contributed by atoms with Crippen LogP contribution in [0.2, 0.25) is 0 Å². The lowest BCUT2D eigenvalue weighted by atomic mass is 10.1. The molecule has 0 unspecified atom stereocenters. The zero-order chi connectivity index (χ0) is 9.14. The number of carbonyl (C=O) groups is 1. The summed E-state index contributed by atoms with van der Waals surface area (Å²) in [5.74, 6) is -0.653. The Kier molecular flexibility index (Phi) is 2.65. The van der Waals surface area contributed by atoms with Crippen LogP contribution in [0.4, 0.5) is 10.1 Å². The van der Waals surface area contributed by atoms with Gasteiger partial charge in [0.2, 0.25) is 0 Å². The number of nitrogen functional groups attached to an aromatic ring is 1. The first-order chi connectivity index (χ1) is 5.70. The minimum Gasteiger partial charge on any atom is -0.398 e. The fourth-order valence-corrected chi connectivity index (χ4v) is 1.15. The molecule has 0 saturated heterocycles. The highest BCUT2D eigenvalue weighted by Crippen LogP contribution is 2.20. The molecule has 0 amide bonds. The predicted octanol–water partition coefficient (Wildman–Crippen LogP) is 1.96. The van der Waals surface area contributed by atoms with Gasteiger partial charge in [-0.3, -0.25) is 4.79 Å². The van der Waals surface area contributed by atoms with Gasteiger partial charge in [-0.1, -0.05) is 0 Å². The second-order valence-corrected chi connectivity index (χ2v) is 2.56. The molecule has 0 fully saturated rings. The number of nitrogens with two attached hydrogens (primary N) is 1. The second kappa shape index (κ2) is 3.54. The molecule has 0 spiro atoms. The van der Waals surface area contributed by atoms with Gasteiger partial charge in [-0.25, -0.2) is 4.39 Å². The van der Waals surface area contributed by atoms with Crippen molar-refractivity contribution in [3.05, 3.63) is 29.1 Å². The van der Waals surface area contributed by atoms with Crippen molar-refractivity contribution in [2.24, 2.45) is 0 Å². The maximum absolute atomic E-state index is 13.1. The van der Waals surface area contributed by atoms with Crippen molar-refractivity contribution in [2.45, 2.75) is 5.88 Å². The van der Waals surface area contributed by atoms with Gasteiger partial charge in [0.1, 0.15) is 5.82 Å². The van der Waals surface area contributed by atoms with Crippen LogP contribution in [0.5, 0.6) is 0 Å². The lowest BCUT2D eigenvalue weighted by molar-refractivity contribution is 0.111. The van der Waals surface area contributed by atoms with Gasteiger partial charge in [0.25, 0.3) is 0 Å². The van der Waals surface area contributed by atoms with E-state index in [0.29, 0.717) is 6.29 Å². The lowest BCUT2D eigenvalue weighted by Gasteiger charge is -2.04. The van der Waals surface area contributed by atoms with E-state index in [4.69, 9.17) is 17.3 Å². The maximum atomic E-state index is 13.1. The molecular formula is C8H7ClFNO. The van der Waals surface area contributed by atoms with Gasteiger partial charge < -0.3 is 5.73 Å². The van der Waals surface area contributed by atoms with Crippen LogP contribution >= 0.6 is 11.6 Å². The average Bonchev–Trinajstić information content (AvgIpc) is 2.06. The number of anilines is 1. The highest BCUT2D eigenvalue weighted by Gasteiger charge is 2.09. The highest BCUT2D eigenvalue weighted by atomic mass is 35.5. The Labute approximate surface area is 74.1 Å². The van der Waals surface area contributed by atoms with Crippen molar-refractivity contribution in [3.8, 4) is 0 Å². The summed E-state index contributed by atoms with van der Waals surface area (Å²) in [5.41, 5.74) is 5.85. The second-order valence-electron chi connectivity index (χ2n) is 2.29. The van der Waals surface area contributed by atoms with Gasteiger partial charge in [-0.2, -0.15) is 0 Å². The minimum absolute atomic E-state index is 0.0140. The van der Waals surface area contributed by atoms with E-state index < -0.39 is 5.82 Å². The number of hydrogen-bond acceptors (Lipinski definition) is 2. The predicted molar refractivity (Wildman–Crippen MR) is 45.8 cm³/mol. The number of hydrogen-bond donors (Lipinski definition) is 1. The molecular weight excluding hydrogens is 181 g/mol. The third kappa shape index (κ3) is 1.41. The summed E-state index contributed by atoms with van der Waals surface area (Å²) in [7, 11) is 0. The van der Waals surface area contributed by atoms with Gasteiger partial charge in [0, 0.05) is 11.3 Å². The van der Waals surface area contributed by atoms with E-state index in [1.54, 1.807) is 0 Å². The monoisotopic (exact) mass is 187 g/mol. The van der Waals surface area contributed by atoms with Gasteiger partial charge in [-0.05, 0) is 12.1 Å². The van der Waals surface area contributed by atoms with Crippen LogP contribution in [-0.4, -0.2) is 6.29 Å². The molecule has 4 heteroatoms. The average molecular weight is 188 g/mol. The molecule has 0 saturated carbocycles. The number of benzene rings is 1. The Morgan fingerprint density at radius 2 is 2.25 bits per heavy atom. The van der Waals surface area contributed by atoms with Gasteiger partial charge >= 0.3 is 0 Å². The number of aldehydes is 1. The number of halogens is 2. The quantitative estimate of drug-likeness (QED) is 0.437. The van der Waals surface area contributed by atoms with Gasteiger partial charge in [-0.15, -0.1) is 11.6 Å². The van der Waals surface area contributed by atoms with Crippen LogP contribution in [0.25, 0.3) is 0 Å². The third-order valence-electron chi connectivity index (χ3n) is 1.57. The summed E-state index contributed by atoms with van der Waals surface area (Å²) < 4.78 is 13.1. The van der Waals surface area contributed by atoms with Crippen molar-refractivity contribution in [3.63, 3.8) is 0 Å². The van der Waals surface area contributed by atoms with Crippen LogP contribution in [0.1, 0.15) is 15.9 Å². The van der Waals surface area contributed by atoms with Crippen molar-refractivity contribution in [1.29, 1.82) is 0 Å². The van der Waals surface area contributed by atoms with E-state index in [2.05, 4.69) is 0 Å². The van der Waals surface area contributed by atoms with E-state index in [1.165, 1.54) is 12.1 Å². The fourth-order valence-electron chi connectivity index (χ4n) is 0.881. The fraction of sp³-hybridized carbons (Fsp3) is 0.125. The summed E-state index contributed by atoms with van der Waals surface area (Å²) in [4.78, 5) is 10.3. The number of alkyl halides is 1. The van der Waals surface area contributed by atoms with Gasteiger partial charge in [0.15, 0.2) is 6.29 Å². The topological polar surface area (TPSA) is 43.1 Å². The molecule has 12 heavy (non-hydrogen) atoms. The highest BCUT2D eigenvalue weighted by molar-refractivity contribution is 6.17. The molecule has 1 aromatic rings. The number of carbonyl (C=O) groups excluding carboxylic acids is 1. The Hall–Kier alpha value is -1.09. The smallest absolute Gasteiger partial charge is 0.153 e. The molecule has 0 aliphatic heterocycles. The van der Waals surface area contributed by atoms with E-state index in [-0.39, 0.29) is 22.7 Å². The van der Waals surface area contributed by atoms with E-state index >= 15 is 0 Å². The first-order valence-corrected chi connectivity index (χ1v) is 3.82. The van der Waals surface area contributed by atoms with Crippen molar-refractivity contribution in [1.82, 2.24) is 0 Å². The summed E-state index contributed by atoms with van der Waals surface area (Å²) in [6.45, 7) is 0. The summed E-state index contributed by atoms with van der Waals surface area (Å²) in [6, 6.07) is 2.79. The van der Waals surface area contributed by atoms with Crippen molar-refractivity contribution in [2.75, 3.05) is 5.73 Å². The Balaban J connectivity index is 3.33. The van der Waals surface area contributed by atoms with Crippen molar-refractivity contribution >= 4 is 23.6 Å². The molecule has 0 atom stereocenters. The molecule has 0 aliphatic carbocycles. The molecule has 0 bridgehead atoms. The van der Waals surface area contributed by atoms with Crippen LogP contribution in [0.3, 0.4) is 0 Å². The first-order valence-electron chi connectivity index (χ1n) is 3.28. The van der Waals surface area contributed by atoms with Crippen molar-refractivity contribution < 1.29 is 9.18 Å². The molecule has 2 nitrogen and oxygen atoms in total. The van der Waals surface area contributed by atoms with Crippen LogP contribution < -0.4 is 5.73 Å². The first kappa shape index (κ1) is 9.00. The Morgan fingerprint density at radius 3 is 2.75 bits per heavy atom. The standard InChI is InChI=1S/C8H7ClFNO/c9-3-6-7(11)2-1-5(4-12)8(6)10/h1-2,4H,3,11H2. The van der Waals surface area contributed by atoms with Gasteiger partial charge in [0.05, 0.1) is 11.4 Å². The normalized spacial score (nSPS) is 9.83. The van der Waals surface area contributed by atoms with Crippen LogP contribution in [-0.2, 0) is 5.88 Å². The Morgan fingerprint density at radius 1 is 1.58 bits per heavy atom. The molecule has 0 aromatic heterocycles. The molecule has 0 aliphatic rings. The molecule has 2 N–H and O–H groups in total. The SMILES string of the molecule is Nc1ccc(C=O)c(F)c1CCl. The van der Waals surface area contributed by atoms with Crippen LogP contribution in [0.15, 0.2) is 12.1 Å². The largest absolute Gasteiger partial charge is 0.398 e. The lowest BCUT2D eigenvalue weighted by Crippen LogP contribution is -1.99. The molecule has 1 aromatic carbocycles. The van der Waals surface area contributed by atoms with E-state index in [0.717, 1.165) is 0 Å². The Bertz CT molecular complexity index is 314. The molecule has 0 radical (unpaired) electrons. The number of rotatable bonds is 2. The molecule has 64 valence electrons. The zero-order valence-corrected chi connectivity index (χ0v) is 6.94. The summed E-state index contributed by atoms with van der Waals surface area (Å²) in [6.07, 6.45) is 0.435. The van der Waals surface area contributed by atoms with E-state index in [9.17, 15) is 9.18 Å².